The van der Waals surface area contributed by atoms with E-state index in [0.717, 1.165) is 17.7 Å². The van der Waals surface area contributed by atoms with E-state index in [0.29, 0.717) is 13.1 Å². The van der Waals surface area contributed by atoms with Crippen molar-refractivity contribution < 1.29 is 18.7 Å². The summed E-state index contributed by atoms with van der Waals surface area (Å²) in [6.45, 7) is 2.78. The minimum absolute atomic E-state index is 0.00592. The van der Waals surface area contributed by atoms with Gasteiger partial charge in [0.2, 0.25) is 5.91 Å². The highest BCUT2D eigenvalue weighted by Crippen LogP contribution is 2.19. The Labute approximate surface area is 158 Å². The Kier molecular flexibility index (Phi) is 6.19. The molecule has 0 bridgehead atoms. The van der Waals surface area contributed by atoms with Crippen LogP contribution < -0.4 is 10.2 Å². The second-order valence-electron chi connectivity index (χ2n) is 6.56. The van der Waals surface area contributed by atoms with Crippen LogP contribution in [0.25, 0.3) is 0 Å². The number of aryl methyl sites for hydroxylation is 1. The number of carbonyl (C=O) groups excluding carboxylic acids is 2. The van der Waals surface area contributed by atoms with E-state index < -0.39 is 0 Å². The van der Waals surface area contributed by atoms with Crippen LogP contribution in [0.5, 0.6) is 0 Å². The number of benzene rings is 2. The average molecular weight is 370 g/mol. The Bertz CT molecular complexity index is 790. The molecule has 1 aliphatic heterocycles. The van der Waals surface area contributed by atoms with Crippen molar-refractivity contribution in [2.24, 2.45) is 0 Å². The maximum atomic E-state index is 12.9. The van der Waals surface area contributed by atoms with Crippen molar-refractivity contribution in [3.63, 3.8) is 0 Å². The van der Waals surface area contributed by atoms with Gasteiger partial charge in [0, 0.05) is 12.2 Å². The lowest BCUT2D eigenvalue weighted by atomic mass is 10.1. The number of halogens is 1. The molecule has 2 aromatic carbocycles. The monoisotopic (exact) mass is 370 g/mol. The Morgan fingerprint density at radius 1 is 1.15 bits per heavy atom. The zero-order valence-electron chi connectivity index (χ0n) is 15.3. The molecule has 1 aliphatic rings. The molecule has 6 heteroatoms. The molecule has 0 saturated carbocycles. The maximum Gasteiger partial charge on any atom is 0.253 e. The van der Waals surface area contributed by atoms with Gasteiger partial charge >= 0.3 is 0 Å². The van der Waals surface area contributed by atoms with E-state index in [1.165, 1.54) is 17.7 Å². The highest BCUT2D eigenvalue weighted by Gasteiger charge is 2.27. The average Bonchev–Trinajstić information content (AvgIpc) is 2.69. The summed E-state index contributed by atoms with van der Waals surface area (Å²) in [5, 5.41) is 2.82. The van der Waals surface area contributed by atoms with Gasteiger partial charge in [0.25, 0.3) is 5.91 Å². The van der Waals surface area contributed by atoms with E-state index in [2.05, 4.69) is 12.2 Å². The molecule has 1 fully saturated rings. The molecule has 1 atom stereocenters. The van der Waals surface area contributed by atoms with Gasteiger partial charge < -0.3 is 15.0 Å². The number of hydrogen-bond acceptors (Lipinski definition) is 3. The largest absolute Gasteiger partial charge is 0.365 e. The predicted molar refractivity (Wildman–Crippen MR) is 101 cm³/mol. The van der Waals surface area contributed by atoms with Gasteiger partial charge in [0.05, 0.1) is 19.1 Å². The fourth-order valence-electron chi connectivity index (χ4n) is 2.99. The predicted octanol–water partition coefficient (Wildman–Crippen LogP) is 2.48. The summed E-state index contributed by atoms with van der Waals surface area (Å²) >= 11 is 0. The molecule has 0 radical (unpaired) electrons. The van der Waals surface area contributed by atoms with Crippen LogP contribution in [0.3, 0.4) is 0 Å². The number of rotatable bonds is 6. The van der Waals surface area contributed by atoms with Crippen molar-refractivity contribution in [3.8, 4) is 0 Å². The quantitative estimate of drug-likeness (QED) is 0.850. The van der Waals surface area contributed by atoms with Gasteiger partial charge in [-0.05, 0) is 41.8 Å². The fourth-order valence-corrected chi connectivity index (χ4v) is 2.99. The molecule has 0 aliphatic carbocycles. The molecule has 142 valence electrons. The summed E-state index contributed by atoms with van der Waals surface area (Å²) in [5.41, 5.74) is 2.79. The molecule has 1 unspecified atom stereocenters. The first kappa shape index (κ1) is 19.0. The standard InChI is InChI=1S/C21H23FN2O3/c1-2-15-5-9-18(10-6-15)24-13-19(27-14-21(24)26)12-23-20(25)11-16-3-7-17(22)8-4-16/h3-10,19H,2,11-14H2,1H3,(H,23,25). The second-order valence-corrected chi connectivity index (χ2v) is 6.56. The SMILES string of the molecule is CCc1ccc(N2CC(CNC(=O)Cc3ccc(F)cc3)OCC2=O)cc1. The van der Waals surface area contributed by atoms with Gasteiger partial charge in [0.15, 0.2) is 0 Å². The van der Waals surface area contributed by atoms with Crippen molar-refractivity contribution in [2.45, 2.75) is 25.9 Å². The number of nitrogens with zero attached hydrogens (tertiary/aromatic N) is 1. The second kappa shape index (κ2) is 8.77. The van der Waals surface area contributed by atoms with E-state index in [9.17, 15) is 14.0 Å². The maximum absolute atomic E-state index is 12.9. The molecule has 5 nitrogen and oxygen atoms in total. The lowest BCUT2D eigenvalue weighted by Crippen LogP contribution is -2.50. The summed E-state index contributed by atoms with van der Waals surface area (Å²) in [4.78, 5) is 26.0. The fraction of sp³-hybridized carbons (Fsp3) is 0.333. The van der Waals surface area contributed by atoms with Crippen LogP contribution in [0.15, 0.2) is 48.5 Å². The third-order valence-corrected chi connectivity index (χ3v) is 4.59. The van der Waals surface area contributed by atoms with Crippen molar-refractivity contribution in [3.05, 3.63) is 65.5 Å². The smallest absolute Gasteiger partial charge is 0.253 e. The minimum Gasteiger partial charge on any atom is -0.365 e. The number of hydrogen-bond donors (Lipinski definition) is 1. The van der Waals surface area contributed by atoms with Crippen molar-refractivity contribution in [2.75, 3.05) is 24.6 Å². The first-order chi connectivity index (χ1) is 13.0. The van der Waals surface area contributed by atoms with E-state index in [4.69, 9.17) is 4.74 Å². The normalized spacial score (nSPS) is 17.0. The summed E-state index contributed by atoms with van der Waals surface area (Å²) < 4.78 is 18.5. The van der Waals surface area contributed by atoms with Crippen molar-refractivity contribution in [1.82, 2.24) is 5.32 Å². The Balaban J connectivity index is 1.53. The Hall–Kier alpha value is -2.73. The zero-order valence-corrected chi connectivity index (χ0v) is 15.3. The highest BCUT2D eigenvalue weighted by molar-refractivity contribution is 5.95. The molecule has 1 saturated heterocycles. The molecule has 2 amide bonds. The summed E-state index contributed by atoms with van der Waals surface area (Å²) in [5.74, 6) is -0.583. The van der Waals surface area contributed by atoms with Crippen molar-refractivity contribution >= 4 is 17.5 Å². The van der Waals surface area contributed by atoms with Crippen molar-refractivity contribution in [1.29, 1.82) is 0 Å². The van der Waals surface area contributed by atoms with Crippen LogP contribution in [-0.4, -0.2) is 37.6 Å². The summed E-state index contributed by atoms with van der Waals surface area (Å²) in [6, 6.07) is 13.7. The van der Waals surface area contributed by atoms with Crippen LogP contribution >= 0.6 is 0 Å². The van der Waals surface area contributed by atoms with Crippen LogP contribution in [0.4, 0.5) is 10.1 Å². The van der Waals surface area contributed by atoms with E-state index >= 15 is 0 Å². The topological polar surface area (TPSA) is 58.6 Å². The molecule has 0 spiro atoms. The van der Waals surface area contributed by atoms with E-state index in [1.54, 1.807) is 17.0 Å². The Morgan fingerprint density at radius 2 is 1.81 bits per heavy atom. The molecule has 27 heavy (non-hydrogen) atoms. The van der Waals surface area contributed by atoms with E-state index in [1.807, 2.05) is 24.3 Å². The van der Waals surface area contributed by atoms with Crippen LogP contribution in [0, 0.1) is 5.82 Å². The third kappa shape index (κ3) is 5.14. The van der Waals surface area contributed by atoms with Crippen LogP contribution in [0.2, 0.25) is 0 Å². The molecule has 1 N–H and O–H groups in total. The number of ether oxygens (including phenoxy) is 1. The first-order valence-electron chi connectivity index (χ1n) is 9.07. The van der Waals surface area contributed by atoms with Gasteiger partial charge in [-0.15, -0.1) is 0 Å². The molecular weight excluding hydrogens is 347 g/mol. The van der Waals surface area contributed by atoms with Gasteiger partial charge in [-0.2, -0.15) is 0 Å². The molecule has 3 rings (SSSR count). The molecule has 1 heterocycles. The number of morpholine rings is 1. The van der Waals surface area contributed by atoms with E-state index in [-0.39, 0.29) is 36.8 Å². The van der Waals surface area contributed by atoms with Gasteiger partial charge in [-0.3, -0.25) is 9.59 Å². The summed E-state index contributed by atoms with van der Waals surface area (Å²) in [6.07, 6.45) is 0.847. The van der Waals surface area contributed by atoms with Gasteiger partial charge in [-0.1, -0.05) is 31.2 Å². The number of anilines is 1. The number of amides is 2. The third-order valence-electron chi connectivity index (χ3n) is 4.59. The minimum atomic E-state index is -0.327. The molecule has 2 aromatic rings. The summed E-state index contributed by atoms with van der Waals surface area (Å²) in [7, 11) is 0. The zero-order chi connectivity index (χ0) is 19.2. The van der Waals surface area contributed by atoms with Gasteiger partial charge in [0.1, 0.15) is 12.4 Å². The highest BCUT2D eigenvalue weighted by atomic mass is 19.1. The first-order valence-corrected chi connectivity index (χ1v) is 9.07. The van der Waals surface area contributed by atoms with Crippen LogP contribution in [0.1, 0.15) is 18.1 Å². The molecule has 0 aromatic heterocycles. The molecular formula is C21H23FN2O3. The lowest BCUT2D eigenvalue weighted by Gasteiger charge is -2.33. The van der Waals surface area contributed by atoms with Gasteiger partial charge in [-0.25, -0.2) is 4.39 Å². The Morgan fingerprint density at radius 3 is 2.48 bits per heavy atom. The lowest BCUT2D eigenvalue weighted by molar-refractivity contribution is -0.129. The number of nitrogens with one attached hydrogen (secondary N) is 1. The number of carbonyl (C=O) groups is 2. The van der Waals surface area contributed by atoms with Crippen LogP contribution in [-0.2, 0) is 27.2 Å².